The molecule has 142 valence electrons. The number of fused-ring (bicyclic) bond motifs is 1. The monoisotopic (exact) mass is 388 g/mol. The first-order valence-corrected chi connectivity index (χ1v) is 9.13. The van der Waals surface area contributed by atoms with Crippen LogP contribution in [0.1, 0.15) is 35.6 Å². The average molecular weight is 389 g/mol. The van der Waals surface area contributed by atoms with Gasteiger partial charge in [0.15, 0.2) is 5.69 Å². The van der Waals surface area contributed by atoms with Crippen LogP contribution in [0.25, 0.3) is 0 Å². The van der Waals surface area contributed by atoms with Crippen LogP contribution in [0.2, 0.25) is 5.02 Å². The highest BCUT2D eigenvalue weighted by Crippen LogP contribution is 2.37. The number of halogens is 1. The average Bonchev–Trinajstić information content (AvgIpc) is 2.95. The zero-order valence-corrected chi connectivity index (χ0v) is 16.0. The van der Waals surface area contributed by atoms with Crippen molar-refractivity contribution in [3.63, 3.8) is 0 Å². The Morgan fingerprint density at radius 3 is 2.74 bits per heavy atom. The smallest absolute Gasteiger partial charge is 0.280 e. The molecular formula is C18H21ClN6O2. The van der Waals surface area contributed by atoms with Crippen LogP contribution >= 0.6 is 11.6 Å². The Hall–Kier alpha value is -2.58. The highest BCUT2D eigenvalue weighted by Gasteiger charge is 2.42. The highest BCUT2D eigenvalue weighted by molar-refractivity contribution is 6.30. The number of carbonyl (C=O) groups excluding carboxylic acids is 2. The minimum Gasteiger partial charge on any atom is -0.342 e. The maximum Gasteiger partial charge on any atom is 0.280 e. The van der Waals surface area contributed by atoms with E-state index in [0.29, 0.717) is 36.2 Å². The van der Waals surface area contributed by atoms with Crippen LogP contribution < -0.4 is 10.2 Å². The van der Waals surface area contributed by atoms with Crippen molar-refractivity contribution in [3.05, 3.63) is 47.1 Å². The molecule has 2 aromatic rings. The van der Waals surface area contributed by atoms with Crippen LogP contribution in [-0.2, 0) is 4.79 Å². The summed E-state index contributed by atoms with van der Waals surface area (Å²) in [4.78, 5) is 41.7. The van der Waals surface area contributed by atoms with E-state index < -0.39 is 6.04 Å². The Kier molecular flexibility index (Phi) is 5.98. The third kappa shape index (κ3) is 3.91. The van der Waals surface area contributed by atoms with Gasteiger partial charge in [0, 0.05) is 38.2 Å². The van der Waals surface area contributed by atoms with Crippen LogP contribution in [0, 0.1) is 0 Å². The van der Waals surface area contributed by atoms with Crippen molar-refractivity contribution in [2.24, 2.45) is 0 Å². The van der Waals surface area contributed by atoms with E-state index in [2.05, 4.69) is 20.3 Å². The van der Waals surface area contributed by atoms with E-state index in [-0.39, 0.29) is 23.9 Å². The highest BCUT2D eigenvalue weighted by atomic mass is 35.5. The molecule has 0 saturated heterocycles. The van der Waals surface area contributed by atoms with E-state index in [9.17, 15) is 9.59 Å². The van der Waals surface area contributed by atoms with E-state index in [1.54, 1.807) is 17.0 Å². The van der Waals surface area contributed by atoms with Crippen molar-refractivity contribution in [1.29, 1.82) is 0 Å². The molecule has 1 aliphatic heterocycles. The molecule has 1 N–H and O–H groups in total. The van der Waals surface area contributed by atoms with Crippen LogP contribution in [0.15, 0.2) is 30.7 Å². The summed E-state index contributed by atoms with van der Waals surface area (Å²) in [6, 6.07) is 2.76. The first-order chi connectivity index (χ1) is 13.1. The molecule has 0 unspecified atom stereocenters. The summed E-state index contributed by atoms with van der Waals surface area (Å²) in [6.07, 6.45) is 4.58. The van der Waals surface area contributed by atoms with Gasteiger partial charge in [-0.25, -0.2) is 9.97 Å². The van der Waals surface area contributed by atoms with Gasteiger partial charge in [-0.1, -0.05) is 11.6 Å². The fraction of sp³-hybridized carbons (Fsp3) is 0.389. The van der Waals surface area contributed by atoms with E-state index in [0.717, 1.165) is 0 Å². The number of rotatable bonds is 7. The van der Waals surface area contributed by atoms with Gasteiger partial charge in [0.2, 0.25) is 5.91 Å². The van der Waals surface area contributed by atoms with Gasteiger partial charge in [0.1, 0.15) is 5.82 Å². The second kappa shape index (κ2) is 8.41. The van der Waals surface area contributed by atoms with E-state index in [1.165, 1.54) is 23.5 Å². The number of amides is 2. The van der Waals surface area contributed by atoms with Crippen molar-refractivity contribution < 1.29 is 9.59 Å². The van der Waals surface area contributed by atoms with E-state index in [1.807, 2.05) is 14.0 Å². The number of nitrogens with zero attached hydrogens (tertiary/aromatic N) is 5. The lowest BCUT2D eigenvalue weighted by Gasteiger charge is -2.27. The molecule has 3 heterocycles. The number of likely N-dealkylation sites (N-methyl/N-ethyl adjacent to an activating group) is 2. The first-order valence-electron chi connectivity index (χ1n) is 8.75. The molecule has 0 aromatic carbocycles. The van der Waals surface area contributed by atoms with Gasteiger partial charge < -0.3 is 10.2 Å². The Balaban J connectivity index is 1.92. The van der Waals surface area contributed by atoms with Crippen LogP contribution in [0.5, 0.6) is 0 Å². The van der Waals surface area contributed by atoms with Gasteiger partial charge in [-0.2, -0.15) is 0 Å². The number of aromatic nitrogens is 3. The molecule has 9 heteroatoms. The number of nitrogens with one attached hydrogen (secondary N) is 1. The maximum absolute atomic E-state index is 12.9. The third-order valence-electron chi connectivity index (χ3n) is 4.47. The lowest BCUT2D eigenvalue weighted by molar-refractivity contribution is -0.131. The van der Waals surface area contributed by atoms with E-state index in [4.69, 9.17) is 11.6 Å². The lowest BCUT2D eigenvalue weighted by Crippen LogP contribution is -2.39. The Labute approximate surface area is 162 Å². The third-order valence-corrected chi connectivity index (χ3v) is 4.69. The zero-order valence-electron chi connectivity index (χ0n) is 15.2. The summed E-state index contributed by atoms with van der Waals surface area (Å²) in [7, 11) is 1.84. The maximum atomic E-state index is 12.9. The van der Waals surface area contributed by atoms with Gasteiger partial charge in [-0.3, -0.25) is 19.5 Å². The molecule has 8 nitrogen and oxygen atoms in total. The van der Waals surface area contributed by atoms with E-state index >= 15 is 0 Å². The summed E-state index contributed by atoms with van der Waals surface area (Å²) in [5.74, 6) is 0.0484. The topological polar surface area (TPSA) is 91.3 Å². The summed E-state index contributed by atoms with van der Waals surface area (Å²) in [5.41, 5.74) is 0.752. The molecule has 1 aliphatic rings. The molecule has 3 rings (SSSR count). The Morgan fingerprint density at radius 1 is 1.30 bits per heavy atom. The molecule has 2 aromatic heterocycles. The lowest BCUT2D eigenvalue weighted by atomic mass is 10.1. The number of anilines is 1. The summed E-state index contributed by atoms with van der Waals surface area (Å²) in [5, 5.41) is 3.51. The molecule has 2 amide bonds. The molecule has 0 fully saturated rings. The second-order valence-electron chi connectivity index (χ2n) is 6.10. The van der Waals surface area contributed by atoms with Crippen molar-refractivity contribution in [1.82, 2.24) is 25.2 Å². The standard InChI is InChI=1S/C18H21ClN6O2/c1-3-24(9-8-20-2)15(26)10-13-16-17(22-7-6-21-16)18(27)25(13)14-5-4-12(19)11-23-14/h4-7,11,13,20H,3,8-10H2,1-2H3/t13-/m1/s1. The van der Waals surface area contributed by atoms with Crippen LogP contribution in [-0.4, -0.2) is 58.3 Å². The summed E-state index contributed by atoms with van der Waals surface area (Å²) in [6.45, 7) is 3.81. The fourth-order valence-corrected chi connectivity index (χ4v) is 3.21. The molecule has 0 saturated carbocycles. The number of carbonyl (C=O) groups is 2. The molecular weight excluding hydrogens is 368 g/mol. The van der Waals surface area contributed by atoms with Gasteiger partial charge in [-0.05, 0) is 26.1 Å². The molecule has 1 atom stereocenters. The molecule has 27 heavy (non-hydrogen) atoms. The summed E-state index contributed by atoms with van der Waals surface area (Å²) < 4.78 is 0. The molecule has 0 radical (unpaired) electrons. The van der Waals surface area contributed by atoms with Gasteiger partial charge in [0.25, 0.3) is 5.91 Å². The Morgan fingerprint density at radius 2 is 2.07 bits per heavy atom. The normalized spacial score (nSPS) is 15.7. The quantitative estimate of drug-likeness (QED) is 0.776. The fourth-order valence-electron chi connectivity index (χ4n) is 3.10. The van der Waals surface area contributed by atoms with Crippen molar-refractivity contribution in [2.75, 3.05) is 31.6 Å². The van der Waals surface area contributed by atoms with Gasteiger partial charge in [-0.15, -0.1) is 0 Å². The number of pyridine rings is 1. The summed E-state index contributed by atoms with van der Waals surface area (Å²) >= 11 is 5.92. The largest absolute Gasteiger partial charge is 0.342 e. The second-order valence-corrected chi connectivity index (χ2v) is 6.53. The van der Waals surface area contributed by atoms with Gasteiger partial charge >= 0.3 is 0 Å². The van der Waals surface area contributed by atoms with Crippen LogP contribution in [0.4, 0.5) is 5.82 Å². The molecule has 0 bridgehead atoms. The van der Waals surface area contributed by atoms with Crippen molar-refractivity contribution in [2.45, 2.75) is 19.4 Å². The van der Waals surface area contributed by atoms with Crippen molar-refractivity contribution in [3.8, 4) is 0 Å². The number of hydrogen-bond donors (Lipinski definition) is 1. The first kappa shape index (κ1) is 19.2. The van der Waals surface area contributed by atoms with Crippen LogP contribution in [0.3, 0.4) is 0 Å². The number of hydrogen-bond acceptors (Lipinski definition) is 6. The minimum absolute atomic E-state index is 0.0528. The SMILES string of the molecule is CCN(CCNC)C(=O)C[C@@H]1c2nccnc2C(=O)N1c1ccc(Cl)cn1. The predicted octanol–water partition coefficient (Wildman–Crippen LogP) is 1.68. The molecule has 0 spiro atoms. The van der Waals surface area contributed by atoms with Gasteiger partial charge in [0.05, 0.1) is 23.2 Å². The van der Waals surface area contributed by atoms with Crippen molar-refractivity contribution >= 4 is 29.2 Å². The molecule has 0 aliphatic carbocycles. The zero-order chi connectivity index (χ0) is 19.4. The minimum atomic E-state index is -0.550. The Bertz CT molecular complexity index is 829. The predicted molar refractivity (Wildman–Crippen MR) is 102 cm³/mol.